The van der Waals surface area contributed by atoms with Crippen LogP contribution < -0.4 is 14.2 Å². The Bertz CT molecular complexity index is 3840. The van der Waals surface area contributed by atoms with Crippen LogP contribution >= 0.6 is 0 Å². The van der Waals surface area contributed by atoms with Crippen molar-refractivity contribution in [3.8, 4) is 17.6 Å². The lowest BCUT2D eigenvalue weighted by Crippen LogP contribution is -2.60. The van der Waals surface area contributed by atoms with Gasteiger partial charge in [0, 0.05) is 19.3 Å². The predicted molar refractivity (Wildman–Crippen MR) is 355 cm³/mol. The lowest BCUT2D eigenvalue weighted by molar-refractivity contribution is -0.278. The number of halogens is 9. The summed E-state index contributed by atoms with van der Waals surface area (Å²) in [5, 5.41) is 123. The van der Waals surface area contributed by atoms with Gasteiger partial charge in [0.2, 0.25) is 36.5 Å². The summed E-state index contributed by atoms with van der Waals surface area (Å²) in [6.07, 6.45) is -31.3. The van der Waals surface area contributed by atoms with Crippen LogP contribution in [0.4, 0.5) is 44.3 Å². The van der Waals surface area contributed by atoms with E-state index in [0.717, 1.165) is 82.8 Å². The molecule has 15 atom stereocenters. The van der Waals surface area contributed by atoms with Gasteiger partial charge in [0.1, 0.15) is 96.9 Å². The van der Waals surface area contributed by atoms with Crippen LogP contribution in [0.3, 0.4) is 0 Å². The molecule has 6 heterocycles. The van der Waals surface area contributed by atoms with Crippen molar-refractivity contribution in [1.29, 1.82) is 0 Å². The van der Waals surface area contributed by atoms with E-state index in [4.69, 9.17) is 33.2 Å². The minimum absolute atomic E-state index is 0.127. The first-order valence-corrected chi connectivity index (χ1v) is 35.6. The second kappa shape index (κ2) is 35.2. The number of hydrogen-bond acceptors (Lipinski definition) is 23. The number of aliphatic hydroxyl groups excluding tert-OH is 11. The van der Waals surface area contributed by atoms with Crippen molar-refractivity contribution >= 4 is 6.16 Å². The summed E-state index contributed by atoms with van der Waals surface area (Å²) in [7, 11) is 1.07. The quantitative estimate of drug-likeness (QED) is 0.0239. The monoisotopic (exact) mass is 1530 g/mol. The zero-order valence-electron chi connectivity index (χ0n) is 58.9. The van der Waals surface area contributed by atoms with Gasteiger partial charge in [-0.05, 0) is 104 Å². The molecule has 6 aliphatic rings. The normalized spacial score (nSPS) is 27.3. The van der Waals surface area contributed by atoms with Gasteiger partial charge in [0.15, 0.2) is 0 Å². The lowest BCUT2D eigenvalue weighted by Gasteiger charge is -2.39. The number of aryl methyl sites for hydroxylation is 3. The van der Waals surface area contributed by atoms with Gasteiger partial charge < -0.3 is 94.1 Å². The topological polar surface area (TPSA) is 367 Å². The van der Waals surface area contributed by atoms with E-state index >= 15 is 0 Å². The predicted octanol–water partition coefficient (Wildman–Crippen LogP) is 7.06. The van der Waals surface area contributed by atoms with Crippen molar-refractivity contribution in [2.45, 2.75) is 252 Å². The second-order valence-electron chi connectivity index (χ2n) is 27.4. The Morgan fingerprint density at radius 3 is 0.916 bits per heavy atom. The number of ether oxygens (including phenoxy) is 8. The smallest absolute Gasteiger partial charge is 0.443 e. The van der Waals surface area contributed by atoms with Crippen LogP contribution in [0.25, 0.3) is 0 Å². The van der Waals surface area contributed by atoms with Crippen molar-refractivity contribution in [1.82, 2.24) is 29.3 Å². The van der Waals surface area contributed by atoms with Gasteiger partial charge >= 0.3 is 24.7 Å². The third-order valence-electron chi connectivity index (χ3n) is 20.2. The van der Waals surface area contributed by atoms with E-state index in [9.17, 15) is 100 Å². The summed E-state index contributed by atoms with van der Waals surface area (Å²) in [6, 6.07) is 20.2. The van der Waals surface area contributed by atoms with Crippen LogP contribution in [0.5, 0.6) is 17.6 Å². The van der Waals surface area contributed by atoms with E-state index in [0.29, 0.717) is 55.2 Å². The number of benzene rings is 3. The summed E-state index contributed by atoms with van der Waals surface area (Å²) in [5.41, 5.74) is 1.51. The van der Waals surface area contributed by atoms with E-state index in [1.807, 2.05) is 57.2 Å². The number of aromatic nitrogens is 6. The van der Waals surface area contributed by atoms with Gasteiger partial charge in [-0.1, -0.05) is 106 Å². The molecule has 3 aromatic carbocycles. The zero-order chi connectivity index (χ0) is 77.6. The molecule has 12 rings (SSSR count). The molecule has 6 aromatic rings. The van der Waals surface area contributed by atoms with E-state index in [-0.39, 0.29) is 47.7 Å². The molecule has 15 unspecified atom stereocenters. The Morgan fingerprint density at radius 1 is 0.411 bits per heavy atom. The molecule has 11 N–H and O–H groups in total. The lowest BCUT2D eigenvalue weighted by atomic mass is 9.93. The van der Waals surface area contributed by atoms with Crippen LogP contribution in [0.15, 0.2) is 72.8 Å². The molecule has 3 saturated heterocycles. The highest BCUT2D eigenvalue weighted by Crippen LogP contribution is 2.47. The molecule has 0 spiro atoms. The van der Waals surface area contributed by atoms with E-state index in [1.54, 1.807) is 36.4 Å². The maximum Gasteiger partial charge on any atom is 0.508 e. The maximum absolute atomic E-state index is 14.4. The molecule has 592 valence electrons. The fourth-order valence-corrected chi connectivity index (χ4v) is 13.5. The number of nitrogens with zero attached hydrogens (tertiary/aromatic N) is 6. The molecule has 3 saturated carbocycles. The molecule has 107 heavy (non-hydrogen) atoms. The highest BCUT2D eigenvalue weighted by Gasteiger charge is 2.52. The van der Waals surface area contributed by atoms with Crippen LogP contribution in [-0.2, 0) is 80.7 Å². The first kappa shape index (κ1) is 82.3. The van der Waals surface area contributed by atoms with Gasteiger partial charge in [-0.3, -0.25) is 14.0 Å². The Morgan fingerprint density at radius 2 is 0.673 bits per heavy atom. The SMILES string of the molecule is CCc1ccc(Cc2c(OC3OC(CO)C(O)C(O)C3O)nn(C3CCC3)c2C(F)(F)F)cc1.CCc1ccc(Cc2c(OC3OC(CO)C(O)C(O)C3O)nn(C3CCCC3)c2C(F)(F)F)cc1.CCc1ccc(Cc2c(OC3OC(COC(=O)OC)C(O)C(O)C3O)nn(C3CCC3)c2C(F)(F)F)cc1. The van der Waals surface area contributed by atoms with Crippen molar-refractivity contribution in [3.05, 3.63) is 140 Å². The number of alkyl halides is 9. The number of carbonyl (C=O) groups excluding carboxylic acids is 1. The van der Waals surface area contributed by atoms with Crippen LogP contribution in [0, 0.1) is 0 Å². The molecular weight excluding hydrogens is 1440 g/mol. The van der Waals surface area contributed by atoms with Crippen molar-refractivity contribution < 1.29 is 138 Å². The van der Waals surface area contributed by atoms with E-state index < -0.39 is 178 Å². The molecule has 6 fully saturated rings. The summed E-state index contributed by atoms with van der Waals surface area (Å²) in [6.45, 7) is 3.98. The third-order valence-corrected chi connectivity index (χ3v) is 20.2. The van der Waals surface area contributed by atoms with E-state index in [1.165, 1.54) is 0 Å². The summed E-state index contributed by atoms with van der Waals surface area (Å²) >= 11 is 0. The molecule has 0 radical (unpaired) electrons. The van der Waals surface area contributed by atoms with Gasteiger partial charge in [-0.25, -0.2) is 4.79 Å². The van der Waals surface area contributed by atoms with Gasteiger partial charge in [0.25, 0.3) is 0 Å². The average Bonchev–Trinajstić information content (AvgIpc) is 1.62. The number of carbonyl (C=O) groups is 1. The fraction of sp³-hybridized carbons (Fsp3) is 0.611. The highest BCUT2D eigenvalue weighted by molar-refractivity contribution is 5.59. The minimum Gasteiger partial charge on any atom is -0.443 e. The van der Waals surface area contributed by atoms with Crippen molar-refractivity contribution in [3.63, 3.8) is 0 Å². The summed E-state index contributed by atoms with van der Waals surface area (Å²) < 4.78 is 174. The Labute approximate surface area is 608 Å². The number of hydrogen-bond donors (Lipinski definition) is 11. The van der Waals surface area contributed by atoms with Gasteiger partial charge in [0.05, 0.1) is 55.1 Å². The number of methoxy groups -OCH3 is 1. The molecule has 0 bridgehead atoms. The molecule has 3 aromatic heterocycles. The molecule has 26 nitrogen and oxygen atoms in total. The highest BCUT2D eigenvalue weighted by atomic mass is 19.4. The fourth-order valence-electron chi connectivity index (χ4n) is 13.5. The Hall–Kier alpha value is -7.23. The van der Waals surface area contributed by atoms with E-state index in [2.05, 4.69) is 20.0 Å². The molecule has 0 amide bonds. The largest absolute Gasteiger partial charge is 0.508 e. The number of aliphatic hydroxyl groups is 11. The molecule has 3 aliphatic carbocycles. The minimum atomic E-state index is -4.75. The van der Waals surface area contributed by atoms with Crippen LogP contribution in [0.2, 0.25) is 0 Å². The third kappa shape index (κ3) is 19.0. The first-order chi connectivity index (χ1) is 50.8. The van der Waals surface area contributed by atoms with Crippen molar-refractivity contribution in [2.24, 2.45) is 0 Å². The summed E-state index contributed by atoms with van der Waals surface area (Å²) in [4.78, 5) is 11.3. The van der Waals surface area contributed by atoms with Crippen LogP contribution in [-0.4, -0.2) is 211 Å². The average molecular weight is 1530 g/mol. The Kier molecular flexibility index (Phi) is 27.1. The first-order valence-electron chi connectivity index (χ1n) is 35.6. The van der Waals surface area contributed by atoms with Crippen molar-refractivity contribution in [2.75, 3.05) is 26.9 Å². The molecular formula is C72H91F9N6O20. The molecule has 35 heteroatoms. The maximum atomic E-state index is 14.4. The number of rotatable bonds is 22. The van der Waals surface area contributed by atoms with Gasteiger partial charge in [-0.2, -0.15) is 39.5 Å². The second-order valence-corrected chi connectivity index (χ2v) is 27.4. The molecule has 3 aliphatic heterocycles. The standard InChI is InChI=1S/C25H31F3N2O8.C24H31F3N2O6.C23H29F3N2O6/c1-3-13-7-9-14(10-8-13)11-16-21(25(26,27)28)30(15-5-4-6-15)29-22(16)38-23-20(33)19(32)18(31)17(37-23)12-36-24(34)35-2;1-2-13-7-9-14(10-8-13)11-16-21(24(25,26)27)29(15-5-3-4-6-15)28-22(16)35-23-20(33)19(32)18(31)17(12-30)34-23;1-2-12-6-8-13(9-7-12)10-15-20(23(24,25)26)28(14-4-3-5-14)27-21(15)34-22-19(32)18(31)17(30)16(11-29)33-22/h7-10,15,17-20,23,31-33H,3-6,11-12H2,1-2H3;7-10,15,17-20,23,30-33H,2-6,11-12H2,1H3;6-9,14,16-19,22,29-32H,2-5,10-11H2,1H3. The van der Waals surface area contributed by atoms with Crippen LogP contribution in [0.1, 0.15) is 170 Å². The van der Waals surface area contributed by atoms with Gasteiger partial charge in [-0.15, -0.1) is 15.3 Å². The zero-order valence-corrected chi connectivity index (χ0v) is 58.9. The summed E-state index contributed by atoms with van der Waals surface area (Å²) in [5.74, 6) is -1.15. The Balaban J connectivity index is 0.000000172.